The molecule has 176 valence electrons. The van der Waals surface area contributed by atoms with Gasteiger partial charge in [0, 0.05) is 31.9 Å². The van der Waals surface area contributed by atoms with E-state index in [0.717, 1.165) is 22.3 Å². The topological polar surface area (TPSA) is 125 Å². The van der Waals surface area contributed by atoms with Crippen molar-refractivity contribution in [1.29, 1.82) is 0 Å². The summed E-state index contributed by atoms with van der Waals surface area (Å²) < 4.78 is 5.51. The summed E-state index contributed by atoms with van der Waals surface area (Å²) in [5.41, 5.74) is 4.57. The Hall–Kier alpha value is -3.39. The first-order valence-corrected chi connectivity index (χ1v) is 11.2. The lowest BCUT2D eigenvalue weighted by Crippen LogP contribution is -2.42. The van der Waals surface area contributed by atoms with Crippen molar-refractivity contribution in [3.05, 3.63) is 59.7 Å². The largest absolute Gasteiger partial charge is 0.480 e. The van der Waals surface area contributed by atoms with E-state index in [0.29, 0.717) is 6.42 Å². The van der Waals surface area contributed by atoms with Crippen LogP contribution >= 0.6 is 0 Å². The first-order chi connectivity index (χ1) is 15.9. The van der Waals surface area contributed by atoms with Gasteiger partial charge in [-0.05, 0) is 28.2 Å². The monoisotopic (exact) mass is 454 g/mol. The molecule has 1 aliphatic rings. The highest BCUT2D eigenvalue weighted by Gasteiger charge is 2.29. The summed E-state index contributed by atoms with van der Waals surface area (Å²) in [6, 6.07) is 15.1. The van der Waals surface area contributed by atoms with Crippen molar-refractivity contribution in [2.75, 3.05) is 19.8 Å². The molecule has 0 aromatic heterocycles. The highest BCUT2D eigenvalue weighted by Crippen LogP contribution is 2.44. The molecule has 1 unspecified atom stereocenters. The number of aliphatic hydroxyl groups is 1. The Morgan fingerprint density at radius 1 is 1.03 bits per heavy atom. The molecular formula is C25H30N2O6. The summed E-state index contributed by atoms with van der Waals surface area (Å²) in [5.74, 6) is -1.83. The Kier molecular flexibility index (Phi) is 8.43. The van der Waals surface area contributed by atoms with Gasteiger partial charge in [0.1, 0.15) is 12.6 Å². The van der Waals surface area contributed by atoms with E-state index in [1.807, 2.05) is 43.3 Å². The molecule has 0 heterocycles. The molecular weight excluding hydrogens is 424 g/mol. The lowest BCUT2D eigenvalue weighted by atomic mass is 9.98. The molecule has 2 aromatic rings. The predicted molar refractivity (Wildman–Crippen MR) is 123 cm³/mol. The van der Waals surface area contributed by atoms with E-state index in [-0.39, 0.29) is 44.4 Å². The van der Waals surface area contributed by atoms with Crippen LogP contribution in [0.3, 0.4) is 0 Å². The first-order valence-electron chi connectivity index (χ1n) is 11.2. The van der Waals surface area contributed by atoms with E-state index in [9.17, 15) is 14.4 Å². The van der Waals surface area contributed by atoms with Crippen LogP contribution in [0.2, 0.25) is 0 Å². The molecule has 0 saturated carbocycles. The maximum Gasteiger partial charge on any atom is 0.407 e. The highest BCUT2D eigenvalue weighted by atomic mass is 16.5. The van der Waals surface area contributed by atoms with Gasteiger partial charge in [0.25, 0.3) is 0 Å². The van der Waals surface area contributed by atoms with Crippen molar-refractivity contribution in [2.24, 2.45) is 5.92 Å². The van der Waals surface area contributed by atoms with Gasteiger partial charge in [-0.2, -0.15) is 0 Å². The standard InChI is InChI=1S/C25H30N2O6/c1-2-16(13-23(29)27-22(11-12-28)24(30)31)14-26-25(32)33-15-21-19-9-5-3-7-17(19)18-8-4-6-10-20(18)21/h3-10,16,21-22,28H,2,11-15H2,1H3,(H,26,32)(H,27,29)(H,30,31)/t16?,22-/m0/s1. The normalized spacial score (nSPS) is 14.0. The predicted octanol–water partition coefficient (Wildman–Crippen LogP) is 2.89. The lowest BCUT2D eigenvalue weighted by Gasteiger charge is -2.19. The number of nitrogens with one attached hydrogen (secondary N) is 2. The molecule has 4 N–H and O–H groups in total. The number of alkyl carbamates (subject to hydrolysis) is 1. The minimum Gasteiger partial charge on any atom is -0.480 e. The third-order valence-corrected chi connectivity index (χ3v) is 5.98. The van der Waals surface area contributed by atoms with E-state index < -0.39 is 24.0 Å². The van der Waals surface area contributed by atoms with Crippen LogP contribution in [0.4, 0.5) is 4.79 Å². The quantitative estimate of drug-likeness (QED) is 0.414. The van der Waals surface area contributed by atoms with Crippen LogP contribution in [0.15, 0.2) is 48.5 Å². The molecule has 1 aliphatic carbocycles. The summed E-state index contributed by atoms with van der Waals surface area (Å²) in [5, 5.41) is 23.1. The third-order valence-electron chi connectivity index (χ3n) is 5.98. The molecule has 0 saturated heterocycles. The van der Waals surface area contributed by atoms with Crippen LogP contribution < -0.4 is 10.6 Å². The Bertz CT molecular complexity index is 947. The fourth-order valence-electron chi connectivity index (χ4n) is 4.14. The number of fused-ring (bicyclic) bond motifs is 3. The number of benzene rings is 2. The van der Waals surface area contributed by atoms with Crippen LogP contribution in [0.25, 0.3) is 11.1 Å². The number of ether oxygens (including phenoxy) is 1. The molecule has 8 heteroatoms. The smallest absolute Gasteiger partial charge is 0.407 e. The number of carbonyl (C=O) groups excluding carboxylic acids is 2. The van der Waals surface area contributed by atoms with E-state index in [4.69, 9.17) is 14.9 Å². The van der Waals surface area contributed by atoms with Crippen LogP contribution in [-0.4, -0.2) is 54.0 Å². The van der Waals surface area contributed by atoms with Gasteiger partial charge in [-0.1, -0.05) is 61.9 Å². The van der Waals surface area contributed by atoms with Crippen molar-refractivity contribution in [1.82, 2.24) is 10.6 Å². The number of carbonyl (C=O) groups is 3. The third kappa shape index (κ3) is 6.10. The van der Waals surface area contributed by atoms with Crippen LogP contribution in [-0.2, 0) is 14.3 Å². The first kappa shape index (κ1) is 24.3. The van der Waals surface area contributed by atoms with Gasteiger partial charge in [-0.15, -0.1) is 0 Å². The van der Waals surface area contributed by atoms with Gasteiger partial charge in [0.15, 0.2) is 0 Å². The summed E-state index contributed by atoms with van der Waals surface area (Å²) in [6.45, 7) is 1.99. The molecule has 0 fully saturated rings. The summed E-state index contributed by atoms with van der Waals surface area (Å²) >= 11 is 0. The zero-order valence-electron chi connectivity index (χ0n) is 18.6. The molecule has 33 heavy (non-hydrogen) atoms. The number of rotatable bonds is 11. The number of hydrogen-bond acceptors (Lipinski definition) is 5. The van der Waals surface area contributed by atoms with Gasteiger partial charge in [-0.3, -0.25) is 4.79 Å². The summed E-state index contributed by atoms with van der Waals surface area (Å²) in [4.78, 5) is 35.7. The molecule has 0 radical (unpaired) electrons. The second-order valence-corrected chi connectivity index (χ2v) is 8.16. The maximum atomic E-state index is 12.3. The summed E-state index contributed by atoms with van der Waals surface area (Å²) in [6.07, 6.45) is 0.0689. The number of carboxylic acids is 1. The lowest BCUT2D eigenvalue weighted by molar-refractivity contribution is -0.142. The van der Waals surface area contributed by atoms with Gasteiger partial charge in [0.05, 0.1) is 0 Å². The fraction of sp³-hybridized carbons (Fsp3) is 0.400. The zero-order valence-corrected chi connectivity index (χ0v) is 18.6. The molecule has 2 atom stereocenters. The Balaban J connectivity index is 1.50. The van der Waals surface area contributed by atoms with E-state index >= 15 is 0 Å². The number of hydrogen-bond donors (Lipinski definition) is 4. The average molecular weight is 455 g/mol. The summed E-state index contributed by atoms with van der Waals surface area (Å²) in [7, 11) is 0. The van der Waals surface area contributed by atoms with Crippen molar-refractivity contribution >= 4 is 18.0 Å². The van der Waals surface area contributed by atoms with Gasteiger partial charge >= 0.3 is 12.1 Å². The van der Waals surface area contributed by atoms with Gasteiger partial charge in [0.2, 0.25) is 5.91 Å². The van der Waals surface area contributed by atoms with E-state index in [1.165, 1.54) is 0 Å². The molecule has 0 spiro atoms. The van der Waals surface area contributed by atoms with Crippen LogP contribution in [0, 0.1) is 5.92 Å². The van der Waals surface area contributed by atoms with E-state index in [2.05, 4.69) is 22.8 Å². The van der Waals surface area contributed by atoms with Crippen molar-refractivity contribution in [3.8, 4) is 11.1 Å². The SMILES string of the molecule is CCC(CNC(=O)OCC1c2ccccc2-c2ccccc21)CC(=O)N[C@@H](CCO)C(=O)O. The van der Waals surface area contributed by atoms with E-state index in [1.54, 1.807) is 0 Å². The van der Waals surface area contributed by atoms with Crippen molar-refractivity contribution in [2.45, 2.75) is 38.1 Å². The minimum absolute atomic E-state index is 0.0321. The Labute approximate surface area is 193 Å². The Morgan fingerprint density at radius 2 is 1.64 bits per heavy atom. The van der Waals surface area contributed by atoms with Crippen molar-refractivity contribution < 1.29 is 29.3 Å². The number of aliphatic carboxylic acids is 1. The highest BCUT2D eigenvalue weighted by molar-refractivity contribution is 5.83. The average Bonchev–Trinajstić information content (AvgIpc) is 3.13. The second kappa shape index (κ2) is 11.5. The number of carboxylic acid groups (broad SMARTS) is 1. The zero-order chi connectivity index (χ0) is 23.8. The molecule has 0 aliphatic heterocycles. The van der Waals surface area contributed by atoms with Crippen molar-refractivity contribution in [3.63, 3.8) is 0 Å². The molecule has 2 aromatic carbocycles. The van der Waals surface area contributed by atoms with Gasteiger partial charge < -0.3 is 25.6 Å². The minimum atomic E-state index is -1.19. The fourth-order valence-corrected chi connectivity index (χ4v) is 4.14. The molecule has 0 bridgehead atoms. The Morgan fingerprint density at radius 3 is 2.18 bits per heavy atom. The molecule has 8 nitrogen and oxygen atoms in total. The number of aliphatic hydroxyl groups excluding tert-OH is 1. The number of amides is 2. The molecule has 3 rings (SSSR count). The van der Waals surface area contributed by atoms with Crippen LogP contribution in [0.1, 0.15) is 43.2 Å². The molecule has 2 amide bonds. The maximum absolute atomic E-state index is 12.3. The van der Waals surface area contributed by atoms with Crippen LogP contribution in [0.5, 0.6) is 0 Å². The van der Waals surface area contributed by atoms with Gasteiger partial charge in [-0.25, -0.2) is 9.59 Å². The second-order valence-electron chi connectivity index (χ2n) is 8.16.